The monoisotopic (exact) mass is 658 g/mol. The summed E-state index contributed by atoms with van der Waals surface area (Å²) in [6.45, 7) is 0. The minimum Gasteiger partial charge on any atom is -0.456 e. The van der Waals surface area contributed by atoms with Crippen LogP contribution in [0.15, 0.2) is 192 Å². The van der Waals surface area contributed by atoms with Gasteiger partial charge in [0, 0.05) is 16.7 Å². The van der Waals surface area contributed by atoms with Gasteiger partial charge in [-0.25, -0.2) is 0 Å². The summed E-state index contributed by atoms with van der Waals surface area (Å²) in [5.41, 5.74) is 8.89. The molecule has 1 atom stereocenters. The molecule has 0 N–H and O–H groups in total. The van der Waals surface area contributed by atoms with Crippen molar-refractivity contribution in [2.24, 2.45) is 0 Å². The molecule has 0 saturated carbocycles. The Morgan fingerprint density at radius 1 is 0.471 bits per heavy atom. The van der Waals surface area contributed by atoms with Gasteiger partial charge in [0.25, 0.3) is 0 Å². The lowest BCUT2D eigenvalue weighted by Crippen LogP contribution is -2.04. The van der Waals surface area contributed by atoms with E-state index in [1.807, 2.05) is 36.4 Å². The van der Waals surface area contributed by atoms with Gasteiger partial charge in [-0.15, -0.1) is 0 Å². The van der Waals surface area contributed by atoms with Gasteiger partial charge in [0.2, 0.25) is 0 Å². The van der Waals surface area contributed by atoms with Crippen molar-refractivity contribution in [2.45, 2.75) is 12.3 Å². The third-order valence-corrected chi connectivity index (χ3v) is 10.1. The summed E-state index contributed by atoms with van der Waals surface area (Å²) in [6, 6.07) is 37.0. The smallest absolute Gasteiger partial charge is 0.135 e. The fourth-order valence-corrected chi connectivity index (χ4v) is 7.70. The van der Waals surface area contributed by atoms with Crippen LogP contribution in [0.25, 0.3) is 82.4 Å². The van der Waals surface area contributed by atoms with Crippen LogP contribution in [0.2, 0.25) is 0 Å². The highest BCUT2D eigenvalue weighted by atomic mass is 16.3. The number of hydrogen-bond donors (Lipinski definition) is 0. The van der Waals surface area contributed by atoms with Gasteiger partial charge >= 0.3 is 0 Å². The van der Waals surface area contributed by atoms with Crippen LogP contribution >= 0.6 is 0 Å². The maximum Gasteiger partial charge on any atom is 0.135 e. The average Bonchev–Trinajstić information content (AvgIpc) is 3.65. The molecule has 10 rings (SSSR count). The van der Waals surface area contributed by atoms with Gasteiger partial charge in [0.1, 0.15) is 11.2 Å². The van der Waals surface area contributed by atoms with Gasteiger partial charge in [-0.05, 0) is 96.2 Å². The van der Waals surface area contributed by atoms with Crippen LogP contribution in [-0.2, 0) is 0 Å². The third-order valence-electron chi connectivity index (χ3n) is 10.1. The van der Waals surface area contributed by atoms with Gasteiger partial charge in [-0.3, -0.25) is 0 Å². The molecule has 1 aromatic heterocycles. The quantitative estimate of drug-likeness (QED) is 0.168. The van der Waals surface area contributed by atoms with Gasteiger partial charge in [-0.1, -0.05) is 170 Å². The standard InChI is InChI=1S/C50H34O/c1-3-13-33(14-4-1)34-23-25-35(26-24-34)39-17-7-8-18-40(39)37-27-29-41-46-31-38(28-30-47(46)51-48(41)32-37)50-44-21-11-9-19-42(44)49(36-15-5-2-6-16-36)43-20-10-12-22-45(43)50/h1-17,19-32,40H,18H2/i9D,10D,11D,12D,19D,20D,21D,22D. The molecule has 0 spiro atoms. The van der Waals surface area contributed by atoms with E-state index in [2.05, 4.69) is 72.8 Å². The Kier molecular flexibility index (Phi) is 5.32. The van der Waals surface area contributed by atoms with E-state index in [1.54, 1.807) is 30.3 Å². The fourth-order valence-electron chi connectivity index (χ4n) is 7.70. The molecule has 0 fully saturated rings. The van der Waals surface area contributed by atoms with Crippen molar-refractivity contribution in [1.29, 1.82) is 0 Å². The molecular weight excluding hydrogens is 617 g/mol. The van der Waals surface area contributed by atoms with Crippen molar-refractivity contribution in [3.05, 3.63) is 199 Å². The molecule has 240 valence electrons. The highest BCUT2D eigenvalue weighted by Crippen LogP contribution is 2.45. The molecule has 0 radical (unpaired) electrons. The lowest BCUT2D eigenvalue weighted by Gasteiger charge is -2.23. The lowest BCUT2D eigenvalue weighted by molar-refractivity contribution is 0.667. The van der Waals surface area contributed by atoms with E-state index in [-0.39, 0.29) is 51.6 Å². The van der Waals surface area contributed by atoms with Gasteiger partial charge < -0.3 is 4.42 Å². The Balaban J connectivity index is 1.16. The summed E-state index contributed by atoms with van der Waals surface area (Å²) in [6.07, 6.45) is 7.31. The van der Waals surface area contributed by atoms with Gasteiger partial charge in [0.15, 0.2) is 0 Å². The largest absolute Gasteiger partial charge is 0.456 e. The molecule has 1 heterocycles. The zero-order valence-corrected chi connectivity index (χ0v) is 27.5. The Morgan fingerprint density at radius 2 is 1.04 bits per heavy atom. The number of benzene rings is 8. The highest BCUT2D eigenvalue weighted by Gasteiger charge is 2.22. The Morgan fingerprint density at radius 3 is 1.71 bits per heavy atom. The number of rotatable bonds is 5. The molecule has 1 nitrogen and oxygen atoms in total. The summed E-state index contributed by atoms with van der Waals surface area (Å²) >= 11 is 0. The highest BCUT2D eigenvalue weighted by molar-refractivity contribution is 6.22. The van der Waals surface area contributed by atoms with Crippen molar-refractivity contribution in [3.63, 3.8) is 0 Å². The van der Waals surface area contributed by atoms with Crippen LogP contribution in [0.1, 0.15) is 34.4 Å². The Hall–Kier alpha value is -6.44. The molecule has 9 aromatic rings. The second-order valence-electron chi connectivity index (χ2n) is 13.0. The molecular formula is C50H34O. The molecule has 0 amide bonds. The summed E-state index contributed by atoms with van der Waals surface area (Å²) in [7, 11) is 0. The molecule has 0 saturated heterocycles. The summed E-state index contributed by atoms with van der Waals surface area (Å²) < 4.78 is 78.3. The van der Waals surface area contributed by atoms with Crippen molar-refractivity contribution in [2.75, 3.05) is 0 Å². The molecule has 1 aliphatic rings. The van der Waals surface area contributed by atoms with E-state index in [4.69, 9.17) is 9.90 Å². The van der Waals surface area contributed by atoms with E-state index in [0.29, 0.717) is 33.4 Å². The van der Waals surface area contributed by atoms with Gasteiger partial charge in [-0.2, -0.15) is 0 Å². The molecule has 1 heteroatoms. The minimum atomic E-state index is -0.427. The zero-order chi connectivity index (χ0) is 40.7. The van der Waals surface area contributed by atoms with Crippen LogP contribution in [-0.4, -0.2) is 0 Å². The Bertz CT molecular complexity index is 3180. The minimum absolute atomic E-state index is 0.0997. The predicted octanol–water partition coefficient (Wildman–Crippen LogP) is 14.0. The number of furan rings is 1. The molecule has 0 bridgehead atoms. The maximum atomic E-state index is 9.27. The van der Waals surface area contributed by atoms with Crippen LogP contribution in [0.5, 0.6) is 0 Å². The van der Waals surface area contributed by atoms with Crippen LogP contribution in [0.4, 0.5) is 0 Å². The van der Waals surface area contributed by atoms with Crippen molar-refractivity contribution in [1.82, 2.24) is 0 Å². The number of hydrogen-bond acceptors (Lipinski definition) is 1. The van der Waals surface area contributed by atoms with E-state index in [9.17, 15) is 5.48 Å². The van der Waals surface area contributed by atoms with Crippen molar-refractivity contribution >= 4 is 49.1 Å². The van der Waals surface area contributed by atoms with E-state index < -0.39 is 24.2 Å². The first kappa shape index (κ1) is 22.3. The lowest BCUT2D eigenvalue weighted by atomic mass is 9.81. The molecule has 51 heavy (non-hydrogen) atoms. The van der Waals surface area contributed by atoms with Crippen LogP contribution < -0.4 is 0 Å². The molecule has 1 unspecified atom stereocenters. The average molecular weight is 659 g/mol. The molecule has 8 aromatic carbocycles. The molecule has 0 aliphatic heterocycles. The predicted molar refractivity (Wildman–Crippen MR) is 216 cm³/mol. The summed E-state index contributed by atoms with van der Waals surface area (Å²) in [4.78, 5) is 0. The summed E-state index contributed by atoms with van der Waals surface area (Å²) in [5, 5.41) is 2.38. The first-order valence-electron chi connectivity index (χ1n) is 21.1. The van der Waals surface area contributed by atoms with E-state index >= 15 is 0 Å². The van der Waals surface area contributed by atoms with Crippen LogP contribution in [0.3, 0.4) is 0 Å². The Labute approximate surface area is 308 Å². The zero-order valence-electron chi connectivity index (χ0n) is 35.5. The number of fused-ring (bicyclic) bond motifs is 5. The SMILES string of the molecule is [2H]c1c([2H])c([2H])c2c(-c3ccc4oc5cc(C6CC=CC=C6c6ccc(-c7ccccc7)cc6)ccc5c4c3)c3c([2H])c([2H])c([2H])c([2H])c3c(-c3ccccc3)c2c1[2H]. The molecule has 1 aliphatic carbocycles. The first-order chi connectivity index (χ1) is 28.6. The van der Waals surface area contributed by atoms with E-state index in [1.165, 1.54) is 11.1 Å². The van der Waals surface area contributed by atoms with Crippen molar-refractivity contribution < 1.29 is 15.4 Å². The van der Waals surface area contributed by atoms with Crippen LogP contribution in [0, 0.1) is 0 Å². The second kappa shape index (κ2) is 12.2. The van der Waals surface area contributed by atoms with Crippen molar-refractivity contribution in [3.8, 4) is 33.4 Å². The second-order valence-corrected chi connectivity index (χ2v) is 13.0. The van der Waals surface area contributed by atoms with Gasteiger partial charge in [0.05, 0.1) is 11.0 Å². The first-order valence-corrected chi connectivity index (χ1v) is 17.1. The topological polar surface area (TPSA) is 13.1 Å². The number of allylic oxidation sites excluding steroid dienone is 4. The fraction of sp³-hybridized carbons (Fsp3) is 0.0400. The third kappa shape index (κ3) is 5.01. The summed E-state index contributed by atoms with van der Waals surface area (Å²) in [5.74, 6) is 0.0997. The maximum absolute atomic E-state index is 9.27. The van der Waals surface area contributed by atoms with E-state index in [0.717, 1.165) is 33.9 Å². The normalized spacial score (nSPS) is 16.6.